The van der Waals surface area contributed by atoms with E-state index < -0.39 is 5.91 Å². The van der Waals surface area contributed by atoms with Gasteiger partial charge in [-0.05, 0) is 49.7 Å². The van der Waals surface area contributed by atoms with Gasteiger partial charge in [0.2, 0.25) is 0 Å². The van der Waals surface area contributed by atoms with E-state index in [9.17, 15) is 9.59 Å². The molecule has 2 aromatic rings. The van der Waals surface area contributed by atoms with E-state index in [-0.39, 0.29) is 18.6 Å². The average molecular weight is 327 g/mol. The second-order valence-corrected chi connectivity index (χ2v) is 5.42. The van der Waals surface area contributed by atoms with Gasteiger partial charge in [0.05, 0.1) is 11.7 Å². The molecule has 0 bridgehead atoms. The number of carbonyl (C=O) groups is 2. The molecule has 0 saturated carbocycles. The Bertz CT molecular complexity index is 714. The highest BCUT2D eigenvalue weighted by atomic mass is 16.5. The number of hydrogen-bond donors (Lipinski definition) is 2. The Hall–Kier alpha value is -2.89. The molecule has 3 N–H and O–H groups in total. The third kappa shape index (κ3) is 4.81. The van der Waals surface area contributed by atoms with Gasteiger partial charge in [-0.3, -0.25) is 14.6 Å². The lowest BCUT2D eigenvalue weighted by molar-refractivity contribution is -0.119. The zero-order valence-corrected chi connectivity index (χ0v) is 13.8. The largest absolute Gasteiger partial charge is 0.484 e. The van der Waals surface area contributed by atoms with Crippen molar-refractivity contribution < 1.29 is 14.3 Å². The number of ether oxygens (including phenoxy) is 1. The Morgan fingerprint density at radius 2 is 1.92 bits per heavy atom. The van der Waals surface area contributed by atoms with Crippen LogP contribution in [0, 0.1) is 6.92 Å². The summed E-state index contributed by atoms with van der Waals surface area (Å²) in [6.07, 6.45) is 0.738. The number of nitrogens with two attached hydrogens (primary N) is 1. The molecule has 0 aliphatic carbocycles. The Morgan fingerprint density at radius 1 is 1.21 bits per heavy atom. The van der Waals surface area contributed by atoms with E-state index in [1.165, 1.54) is 0 Å². The highest BCUT2D eigenvalue weighted by molar-refractivity contribution is 5.94. The molecule has 6 nitrogen and oxygen atoms in total. The molecule has 1 atom stereocenters. The van der Waals surface area contributed by atoms with Crippen LogP contribution in [0.3, 0.4) is 0 Å². The molecule has 0 spiro atoms. The molecule has 1 aromatic heterocycles. The fourth-order valence-corrected chi connectivity index (χ4v) is 2.24. The van der Waals surface area contributed by atoms with Crippen molar-refractivity contribution in [3.63, 3.8) is 0 Å². The van der Waals surface area contributed by atoms with Crippen molar-refractivity contribution in [2.75, 3.05) is 6.61 Å². The Labute approximate surface area is 141 Å². The fourth-order valence-electron chi connectivity index (χ4n) is 2.24. The van der Waals surface area contributed by atoms with Crippen LogP contribution in [0.25, 0.3) is 0 Å². The quantitative estimate of drug-likeness (QED) is 0.814. The maximum absolute atomic E-state index is 12.4. The van der Waals surface area contributed by atoms with Crippen LogP contribution in [0.4, 0.5) is 0 Å². The average Bonchev–Trinajstić information content (AvgIpc) is 2.58. The van der Waals surface area contributed by atoms with Crippen molar-refractivity contribution in [3.05, 3.63) is 59.4 Å². The summed E-state index contributed by atoms with van der Waals surface area (Å²) in [4.78, 5) is 27.6. The summed E-state index contributed by atoms with van der Waals surface area (Å²) in [5, 5.41) is 2.98. The molecule has 0 radical (unpaired) electrons. The molecule has 0 aliphatic rings. The van der Waals surface area contributed by atoms with Gasteiger partial charge in [-0.25, -0.2) is 0 Å². The topological polar surface area (TPSA) is 94.3 Å². The number of aromatic nitrogens is 1. The number of aryl methyl sites for hydroxylation is 1. The molecule has 0 fully saturated rings. The number of carbonyl (C=O) groups excluding carboxylic acids is 2. The van der Waals surface area contributed by atoms with Gasteiger partial charge in [0.25, 0.3) is 11.8 Å². The lowest BCUT2D eigenvalue weighted by Crippen LogP contribution is -2.28. The summed E-state index contributed by atoms with van der Waals surface area (Å²) in [5.41, 5.74) is 7.28. The molecule has 1 aromatic carbocycles. The number of rotatable bonds is 7. The zero-order valence-electron chi connectivity index (χ0n) is 13.8. The minimum atomic E-state index is -0.548. The van der Waals surface area contributed by atoms with Crippen molar-refractivity contribution in [2.24, 2.45) is 5.73 Å². The maximum atomic E-state index is 12.4. The van der Waals surface area contributed by atoms with Crippen LogP contribution < -0.4 is 15.8 Å². The fraction of sp³-hybridized carbons (Fsp3) is 0.278. The van der Waals surface area contributed by atoms with Gasteiger partial charge in [0.15, 0.2) is 6.61 Å². The van der Waals surface area contributed by atoms with Gasteiger partial charge >= 0.3 is 0 Å². The van der Waals surface area contributed by atoms with Crippen molar-refractivity contribution in [1.29, 1.82) is 0 Å². The highest BCUT2D eigenvalue weighted by Gasteiger charge is 2.15. The lowest BCUT2D eigenvalue weighted by atomic mass is 10.1. The first-order valence-electron chi connectivity index (χ1n) is 7.75. The first-order valence-corrected chi connectivity index (χ1v) is 7.75. The van der Waals surface area contributed by atoms with Crippen molar-refractivity contribution in [1.82, 2.24) is 10.3 Å². The number of nitrogens with one attached hydrogen (secondary N) is 1. The van der Waals surface area contributed by atoms with Crippen LogP contribution in [0.15, 0.2) is 42.5 Å². The van der Waals surface area contributed by atoms with Crippen LogP contribution in [0.2, 0.25) is 0 Å². The van der Waals surface area contributed by atoms with Crippen LogP contribution in [0.1, 0.15) is 41.1 Å². The number of nitrogens with zero attached hydrogens (tertiary/aromatic N) is 1. The Kier molecular flexibility index (Phi) is 5.89. The Balaban J connectivity index is 2.03. The second-order valence-electron chi connectivity index (χ2n) is 5.42. The SMILES string of the molecule is CC[C@H](NC(=O)c1ccc(OCC(N)=O)cc1)c1cccc(C)n1. The number of primary amides is 1. The number of benzene rings is 1. The van der Waals surface area contributed by atoms with Gasteiger partial charge in [-0.1, -0.05) is 13.0 Å². The molecule has 0 unspecified atom stereocenters. The minimum Gasteiger partial charge on any atom is -0.484 e. The molecule has 0 saturated heterocycles. The minimum absolute atomic E-state index is 0.150. The smallest absolute Gasteiger partial charge is 0.255 e. The first kappa shape index (κ1) is 17.5. The van der Waals surface area contributed by atoms with Gasteiger partial charge in [0, 0.05) is 11.3 Å². The van der Waals surface area contributed by atoms with E-state index in [1.54, 1.807) is 24.3 Å². The van der Waals surface area contributed by atoms with E-state index in [1.807, 2.05) is 32.0 Å². The Morgan fingerprint density at radius 3 is 2.50 bits per heavy atom. The van der Waals surface area contributed by atoms with Crippen LogP contribution in [0.5, 0.6) is 5.75 Å². The summed E-state index contributed by atoms with van der Waals surface area (Å²) >= 11 is 0. The van der Waals surface area contributed by atoms with Gasteiger partial charge in [0.1, 0.15) is 5.75 Å². The molecule has 24 heavy (non-hydrogen) atoms. The number of pyridine rings is 1. The molecular formula is C18H21N3O3. The molecule has 126 valence electrons. The zero-order chi connectivity index (χ0) is 17.5. The van der Waals surface area contributed by atoms with Gasteiger partial charge in [-0.2, -0.15) is 0 Å². The lowest BCUT2D eigenvalue weighted by Gasteiger charge is -2.17. The van der Waals surface area contributed by atoms with Crippen molar-refractivity contribution >= 4 is 11.8 Å². The molecule has 6 heteroatoms. The van der Waals surface area contributed by atoms with Crippen molar-refractivity contribution in [2.45, 2.75) is 26.3 Å². The monoisotopic (exact) mass is 327 g/mol. The predicted molar refractivity (Wildman–Crippen MR) is 90.6 cm³/mol. The van der Waals surface area contributed by atoms with E-state index in [0.717, 1.165) is 17.8 Å². The van der Waals surface area contributed by atoms with E-state index >= 15 is 0 Å². The van der Waals surface area contributed by atoms with Crippen LogP contribution in [-0.2, 0) is 4.79 Å². The predicted octanol–water partition coefficient (Wildman–Crippen LogP) is 2.14. The summed E-state index contributed by atoms with van der Waals surface area (Å²) in [7, 11) is 0. The van der Waals surface area contributed by atoms with Crippen LogP contribution >= 0.6 is 0 Å². The van der Waals surface area contributed by atoms with Crippen LogP contribution in [-0.4, -0.2) is 23.4 Å². The highest BCUT2D eigenvalue weighted by Crippen LogP contribution is 2.17. The maximum Gasteiger partial charge on any atom is 0.255 e. The summed E-state index contributed by atoms with van der Waals surface area (Å²) in [5.74, 6) is -0.252. The standard InChI is InChI=1S/C18H21N3O3/c1-3-15(16-6-4-5-12(2)20-16)21-18(23)13-7-9-14(10-8-13)24-11-17(19)22/h4-10,15H,3,11H2,1-2H3,(H2,19,22)(H,21,23)/t15-/m0/s1. The van der Waals surface area contributed by atoms with Crippen molar-refractivity contribution in [3.8, 4) is 5.75 Å². The van der Waals surface area contributed by atoms with E-state index in [2.05, 4.69) is 10.3 Å². The molecule has 0 aliphatic heterocycles. The van der Waals surface area contributed by atoms with E-state index in [0.29, 0.717) is 11.3 Å². The molecule has 1 heterocycles. The third-order valence-corrected chi connectivity index (χ3v) is 3.48. The van der Waals surface area contributed by atoms with E-state index in [4.69, 9.17) is 10.5 Å². The third-order valence-electron chi connectivity index (χ3n) is 3.48. The van der Waals surface area contributed by atoms with Gasteiger partial charge in [-0.15, -0.1) is 0 Å². The summed E-state index contributed by atoms with van der Waals surface area (Å²) in [6, 6.07) is 12.1. The number of amides is 2. The normalized spacial score (nSPS) is 11.6. The molecule has 2 amide bonds. The summed E-state index contributed by atoms with van der Waals surface area (Å²) in [6.45, 7) is 3.72. The second kappa shape index (κ2) is 8.10. The first-order chi connectivity index (χ1) is 11.5. The van der Waals surface area contributed by atoms with Gasteiger partial charge < -0.3 is 15.8 Å². The summed E-state index contributed by atoms with van der Waals surface area (Å²) < 4.78 is 5.17. The molecular weight excluding hydrogens is 306 g/mol. The molecule has 2 rings (SSSR count). The number of hydrogen-bond acceptors (Lipinski definition) is 4.